The van der Waals surface area contributed by atoms with Gasteiger partial charge in [0.15, 0.2) is 0 Å². The number of rotatable bonds is 2. The van der Waals surface area contributed by atoms with Crippen molar-refractivity contribution in [3.05, 3.63) is 54.1 Å². The van der Waals surface area contributed by atoms with Crippen molar-refractivity contribution in [1.82, 2.24) is 9.55 Å². The summed E-state index contributed by atoms with van der Waals surface area (Å²) in [5.41, 5.74) is 1.30. The first-order chi connectivity index (χ1) is 6.79. The molecule has 14 heavy (non-hydrogen) atoms. The maximum atomic E-state index is 4.22. The van der Waals surface area contributed by atoms with Gasteiger partial charge < -0.3 is 4.57 Å². The van der Waals surface area contributed by atoms with Gasteiger partial charge >= 0.3 is 0 Å². The molecule has 0 saturated heterocycles. The van der Waals surface area contributed by atoms with E-state index in [1.807, 2.05) is 25.4 Å². The Morgan fingerprint density at radius 3 is 2.57 bits per heavy atom. The summed E-state index contributed by atoms with van der Waals surface area (Å²) in [7, 11) is 0. The fourth-order valence-electron chi connectivity index (χ4n) is 1.40. The molecule has 0 radical (unpaired) electrons. The Bertz CT molecular complexity index is 408. The van der Waals surface area contributed by atoms with Crippen molar-refractivity contribution in [2.24, 2.45) is 0 Å². The van der Waals surface area contributed by atoms with Crippen LogP contribution in [0.1, 0.15) is 15.4 Å². The van der Waals surface area contributed by atoms with E-state index in [0.29, 0.717) is 4.05 Å². The molecule has 0 aliphatic carbocycles. The molecule has 3 heteroatoms. The number of aryl methyl sites for hydroxylation is 1. The molecule has 2 nitrogen and oxygen atoms in total. The van der Waals surface area contributed by atoms with Crippen LogP contribution in [0.2, 0.25) is 0 Å². The Balaban J connectivity index is 2.34. The SMILES string of the molecule is Cc1nccn1C(I)c1ccccc1. The van der Waals surface area contributed by atoms with E-state index in [9.17, 15) is 0 Å². The van der Waals surface area contributed by atoms with Gasteiger partial charge in [-0.2, -0.15) is 0 Å². The van der Waals surface area contributed by atoms with Crippen LogP contribution in [0, 0.1) is 6.92 Å². The molecule has 1 atom stereocenters. The first kappa shape index (κ1) is 9.71. The van der Waals surface area contributed by atoms with Gasteiger partial charge in [-0.1, -0.05) is 52.9 Å². The number of nitrogens with zero attached hydrogens (tertiary/aromatic N) is 2. The molecule has 1 unspecified atom stereocenters. The summed E-state index contributed by atoms with van der Waals surface area (Å²) in [5.74, 6) is 1.05. The predicted octanol–water partition coefficient (Wildman–Crippen LogP) is 3.17. The van der Waals surface area contributed by atoms with Gasteiger partial charge in [-0.05, 0) is 12.5 Å². The van der Waals surface area contributed by atoms with Crippen LogP contribution < -0.4 is 0 Å². The van der Waals surface area contributed by atoms with Gasteiger partial charge in [-0.3, -0.25) is 0 Å². The Kier molecular flexibility index (Phi) is 2.86. The molecule has 0 spiro atoms. The smallest absolute Gasteiger partial charge is 0.112 e. The van der Waals surface area contributed by atoms with E-state index in [0.717, 1.165) is 5.82 Å². The average Bonchev–Trinajstić information content (AvgIpc) is 2.65. The largest absolute Gasteiger partial charge is 0.319 e. The number of aromatic nitrogens is 2. The summed E-state index contributed by atoms with van der Waals surface area (Å²) in [6, 6.07) is 10.4. The lowest BCUT2D eigenvalue weighted by atomic mass is 10.2. The molecule has 0 aliphatic rings. The second-order valence-corrected chi connectivity index (χ2v) is 4.31. The quantitative estimate of drug-likeness (QED) is 0.615. The number of benzene rings is 1. The fraction of sp³-hybridized carbons (Fsp3) is 0.182. The monoisotopic (exact) mass is 298 g/mol. The molecule has 0 N–H and O–H groups in total. The summed E-state index contributed by atoms with van der Waals surface area (Å²) >= 11 is 2.42. The zero-order chi connectivity index (χ0) is 9.97. The van der Waals surface area contributed by atoms with E-state index in [1.54, 1.807) is 0 Å². The Hall–Kier alpha value is -0.840. The van der Waals surface area contributed by atoms with Crippen LogP contribution >= 0.6 is 22.6 Å². The number of hydrogen-bond donors (Lipinski definition) is 0. The minimum atomic E-state index is 0.330. The molecular formula is C11H11IN2. The van der Waals surface area contributed by atoms with Gasteiger partial charge in [0, 0.05) is 12.4 Å². The maximum Gasteiger partial charge on any atom is 0.112 e. The molecule has 1 aromatic heterocycles. The van der Waals surface area contributed by atoms with Crippen molar-refractivity contribution in [3.8, 4) is 0 Å². The molecule has 1 aromatic carbocycles. The summed E-state index contributed by atoms with van der Waals surface area (Å²) in [6.45, 7) is 2.02. The van der Waals surface area contributed by atoms with Crippen LogP contribution in [0.15, 0.2) is 42.7 Å². The topological polar surface area (TPSA) is 17.8 Å². The van der Waals surface area contributed by atoms with Crippen LogP contribution in [0.5, 0.6) is 0 Å². The average molecular weight is 298 g/mol. The van der Waals surface area contributed by atoms with Gasteiger partial charge in [0.1, 0.15) is 9.87 Å². The van der Waals surface area contributed by atoms with Crippen molar-refractivity contribution < 1.29 is 0 Å². The summed E-state index contributed by atoms with van der Waals surface area (Å²) in [6.07, 6.45) is 3.85. The van der Waals surface area contributed by atoms with Crippen LogP contribution in [-0.2, 0) is 0 Å². The molecule has 72 valence electrons. The van der Waals surface area contributed by atoms with Crippen LogP contribution in [0.3, 0.4) is 0 Å². The third kappa shape index (κ3) is 1.82. The highest BCUT2D eigenvalue weighted by atomic mass is 127. The minimum Gasteiger partial charge on any atom is -0.319 e. The lowest BCUT2D eigenvalue weighted by Crippen LogP contribution is -2.04. The fourth-order valence-corrected chi connectivity index (χ4v) is 2.40. The number of halogens is 1. The summed E-state index contributed by atoms with van der Waals surface area (Å²) in [4.78, 5) is 4.22. The first-order valence-corrected chi connectivity index (χ1v) is 5.72. The normalized spacial score (nSPS) is 12.7. The highest BCUT2D eigenvalue weighted by Crippen LogP contribution is 2.25. The van der Waals surface area contributed by atoms with Crippen molar-refractivity contribution in [3.63, 3.8) is 0 Å². The molecule has 0 saturated carbocycles. The summed E-state index contributed by atoms with van der Waals surface area (Å²) < 4.78 is 2.49. The van der Waals surface area contributed by atoms with E-state index in [1.165, 1.54) is 5.56 Å². The molecule has 0 amide bonds. The first-order valence-electron chi connectivity index (χ1n) is 4.47. The lowest BCUT2D eigenvalue weighted by molar-refractivity contribution is 0.767. The molecule has 1 heterocycles. The van der Waals surface area contributed by atoms with Crippen molar-refractivity contribution in [2.45, 2.75) is 11.0 Å². The van der Waals surface area contributed by atoms with Gasteiger partial charge in [0.25, 0.3) is 0 Å². The molecule has 0 fully saturated rings. The summed E-state index contributed by atoms with van der Waals surface area (Å²) in [5, 5.41) is 0. The van der Waals surface area contributed by atoms with Gasteiger partial charge in [-0.25, -0.2) is 4.98 Å². The van der Waals surface area contributed by atoms with E-state index in [4.69, 9.17) is 0 Å². The lowest BCUT2D eigenvalue weighted by Gasteiger charge is -2.13. The van der Waals surface area contributed by atoms with E-state index >= 15 is 0 Å². The standard InChI is InChI=1S/C11H11IN2/c1-9-13-7-8-14(9)11(12)10-5-3-2-4-6-10/h2-8,11H,1H3. The zero-order valence-electron chi connectivity index (χ0n) is 7.89. The van der Waals surface area contributed by atoms with Crippen LogP contribution in [-0.4, -0.2) is 9.55 Å². The van der Waals surface area contributed by atoms with Gasteiger partial charge in [0.2, 0.25) is 0 Å². The second kappa shape index (κ2) is 4.13. The van der Waals surface area contributed by atoms with Crippen molar-refractivity contribution >= 4 is 22.6 Å². The maximum absolute atomic E-state index is 4.22. The molecule has 0 aliphatic heterocycles. The molecule has 0 bridgehead atoms. The zero-order valence-corrected chi connectivity index (χ0v) is 10.0. The third-order valence-corrected chi connectivity index (χ3v) is 3.50. The predicted molar refractivity (Wildman–Crippen MR) is 65.6 cm³/mol. The Morgan fingerprint density at radius 2 is 2.00 bits per heavy atom. The van der Waals surface area contributed by atoms with Crippen molar-refractivity contribution in [2.75, 3.05) is 0 Å². The van der Waals surface area contributed by atoms with E-state index < -0.39 is 0 Å². The van der Waals surface area contributed by atoms with Crippen LogP contribution in [0.25, 0.3) is 0 Å². The van der Waals surface area contributed by atoms with Crippen molar-refractivity contribution in [1.29, 1.82) is 0 Å². The third-order valence-electron chi connectivity index (χ3n) is 2.18. The molecular weight excluding hydrogens is 287 g/mol. The second-order valence-electron chi connectivity index (χ2n) is 3.13. The van der Waals surface area contributed by atoms with E-state index in [-0.39, 0.29) is 0 Å². The minimum absolute atomic E-state index is 0.330. The molecule has 2 rings (SSSR count). The highest BCUT2D eigenvalue weighted by Gasteiger charge is 2.09. The Morgan fingerprint density at radius 1 is 1.29 bits per heavy atom. The molecule has 2 aromatic rings. The van der Waals surface area contributed by atoms with E-state index in [2.05, 4.69) is 56.4 Å². The number of alkyl halides is 1. The Labute approximate surface area is 97.1 Å². The highest BCUT2D eigenvalue weighted by molar-refractivity contribution is 14.1. The number of hydrogen-bond acceptors (Lipinski definition) is 1. The number of imidazole rings is 1. The van der Waals surface area contributed by atoms with Crippen LogP contribution in [0.4, 0.5) is 0 Å². The van der Waals surface area contributed by atoms with Gasteiger partial charge in [0.05, 0.1) is 0 Å². The van der Waals surface area contributed by atoms with Gasteiger partial charge in [-0.15, -0.1) is 0 Å².